The average molecular weight is 288 g/mol. The highest BCUT2D eigenvalue weighted by molar-refractivity contribution is 5.88. The van der Waals surface area contributed by atoms with Crippen LogP contribution in [0.25, 0.3) is 11.0 Å². The fraction of sp³-hybridized carbons (Fsp3) is 0.562. The minimum Gasteiger partial charge on any atom is -0.464 e. The summed E-state index contributed by atoms with van der Waals surface area (Å²) >= 11 is 0. The first-order chi connectivity index (χ1) is 10.3. The number of nitrogens with zero attached hydrogens (tertiary/aromatic N) is 3. The molecule has 21 heavy (non-hydrogen) atoms. The molecule has 0 aliphatic carbocycles. The minimum atomic E-state index is 0.523. The molecular formula is C16H24N4O. The lowest BCUT2D eigenvalue weighted by atomic mass is 10.1. The number of rotatable bonds is 5. The highest BCUT2D eigenvalue weighted by Gasteiger charge is 2.24. The maximum atomic E-state index is 5.92. The fourth-order valence-electron chi connectivity index (χ4n) is 3.21. The highest BCUT2D eigenvalue weighted by Crippen LogP contribution is 2.26. The van der Waals surface area contributed by atoms with E-state index in [2.05, 4.69) is 21.7 Å². The molecule has 0 aromatic carbocycles. The Bertz CT molecular complexity index is 574. The van der Waals surface area contributed by atoms with Crippen molar-refractivity contribution in [3.8, 4) is 0 Å². The molecule has 1 aliphatic heterocycles. The Labute approximate surface area is 125 Å². The second-order valence-electron chi connectivity index (χ2n) is 5.67. The van der Waals surface area contributed by atoms with Crippen LogP contribution in [0.4, 0.5) is 5.82 Å². The maximum Gasteiger partial charge on any atom is 0.139 e. The Hall–Kier alpha value is -1.59. The van der Waals surface area contributed by atoms with Gasteiger partial charge in [-0.3, -0.25) is 4.90 Å². The van der Waals surface area contributed by atoms with Gasteiger partial charge in [0.15, 0.2) is 0 Å². The third-order valence-corrected chi connectivity index (χ3v) is 4.38. The van der Waals surface area contributed by atoms with Crippen LogP contribution in [-0.2, 0) is 0 Å². The monoisotopic (exact) mass is 288 g/mol. The van der Waals surface area contributed by atoms with Crippen LogP contribution in [0.3, 0.4) is 0 Å². The Morgan fingerprint density at radius 1 is 1.29 bits per heavy atom. The number of hydrogen-bond donors (Lipinski definition) is 1. The van der Waals surface area contributed by atoms with Gasteiger partial charge >= 0.3 is 0 Å². The first-order valence-corrected chi connectivity index (χ1v) is 7.84. The van der Waals surface area contributed by atoms with Crippen molar-refractivity contribution in [3.63, 3.8) is 0 Å². The predicted octanol–water partition coefficient (Wildman–Crippen LogP) is 2.08. The van der Waals surface area contributed by atoms with Gasteiger partial charge < -0.3 is 15.1 Å². The van der Waals surface area contributed by atoms with Crippen molar-refractivity contribution in [2.45, 2.75) is 25.8 Å². The van der Waals surface area contributed by atoms with Crippen molar-refractivity contribution in [1.82, 2.24) is 9.88 Å². The van der Waals surface area contributed by atoms with E-state index >= 15 is 0 Å². The lowest BCUT2D eigenvalue weighted by Gasteiger charge is -2.39. The zero-order chi connectivity index (χ0) is 14.7. The van der Waals surface area contributed by atoms with Crippen molar-refractivity contribution < 1.29 is 4.42 Å². The van der Waals surface area contributed by atoms with Gasteiger partial charge in [-0.25, -0.2) is 4.98 Å². The van der Waals surface area contributed by atoms with E-state index in [1.54, 1.807) is 6.26 Å². The smallest absolute Gasteiger partial charge is 0.139 e. The van der Waals surface area contributed by atoms with Crippen molar-refractivity contribution in [1.29, 1.82) is 0 Å². The molecule has 1 saturated heterocycles. The number of pyridine rings is 1. The largest absolute Gasteiger partial charge is 0.464 e. The summed E-state index contributed by atoms with van der Waals surface area (Å²) in [7, 11) is 0. The number of hydrogen-bond acceptors (Lipinski definition) is 5. The number of piperazine rings is 1. The zero-order valence-electron chi connectivity index (χ0n) is 12.7. The molecular weight excluding hydrogens is 264 g/mol. The molecule has 5 nitrogen and oxygen atoms in total. The molecule has 1 atom stereocenters. The topological polar surface area (TPSA) is 58.5 Å². The van der Waals surface area contributed by atoms with Gasteiger partial charge in [0.1, 0.15) is 11.4 Å². The summed E-state index contributed by atoms with van der Waals surface area (Å²) in [5.74, 6) is 1.04. The molecule has 0 amide bonds. The van der Waals surface area contributed by atoms with Gasteiger partial charge in [-0.1, -0.05) is 13.3 Å². The predicted molar refractivity (Wildman–Crippen MR) is 85.5 cm³/mol. The van der Waals surface area contributed by atoms with Crippen LogP contribution >= 0.6 is 0 Å². The summed E-state index contributed by atoms with van der Waals surface area (Å²) in [5.41, 5.74) is 6.83. The molecule has 3 heterocycles. The van der Waals surface area contributed by atoms with E-state index in [-0.39, 0.29) is 0 Å². The summed E-state index contributed by atoms with van der Waals surface area (Å²) in [5, 5.41) is 1.11. The van der Waals surface area contributed by atoms with Gasteiger partial charge in [0.25, 0.3) is 0 Å². The van der Waals surface area contributed by atoms with Gasteiger partial charge in [0.2, 0.25) is 0 Å². The molecule has 0 radical (unpaired) electrons. The minimum absolute atomic E-state index is 0.523. The standard InChI is InChI=1S/C16H24N4O/c1-2-3-13(12-17)19-7-9-20(10-8-19)16-14-5-11-21-15(14)4-6-18-16/h4-6,11,13H,2-3,7-10,12,17H2,1H3. The SMILES string of the molecule is CCCC(CN)N1CCN(c2nccc3occc23)CC1. The Morgan fingerprint density at radius 3 is 2.81 bits per heavy atom. The number of furan rings is 1. The number of nitrogens with two attached hydrogens (primary N) is 1. The van der Waals surface area contributed by atoms with Crippen LogP contribution in [0, 0.1) is 0 Å². The van der Waals surface area contributed by atoms with Crippen molar-refractivity contribution in [2.75, 3.05) is 37.6 Å². The van der Waals surface area contributed by atoms with E-state index in [1.165, 1.54) is 12.8 Å². The number of anilines is 1. The summed E-state index contributed by atoms with van der Waals surface area (Å²) in [4.78, 5) is 9.43. The maximum absolute atomic E-state index is 5.92. The van der Waals surface area contributed by atoms with E-state index < -0.39 is 0 Å². The summed E-state index contributed by atoms with van der Waals surface area (Å²) in [6.45, 7) is 7.08. The number of fused-ring (bicyclic) bond motifs is 1. The molecule has 1 fully saturated rings. The Kier molecular flexibility index (Phi) is 4.41. The first-order valence-electron chi connectivity index (χ1n) is 7.84. The second-order valence-corrected chi connectivity index (χ2v) is 5.67. The lowest BCUT2D eigenvalue weighted by molar-refractivity contribution is 0.179. The summed E-state index contributed by atoms with van der Waals surface area (Å²) in [6.07, 6.45) is 5.94. The van der Waals surface area contributed by atoms with Crippen molar-refractivity contribution in [2.24, 2.45) is 5.73 Å². The summed E-state index contributed by atoms with van der Waals surface area (Å²) in [6, 6.07) is 4.44. The van der Waals surface area contributed by atoms with Crippen LogP contribution in [-0.4, -0.2) is 48.6 Å². The molecule has 1 unspecified atom stereocenters. The third-order valence-electron chi connectivity index (χ3n) is 4.38. The van der Waals surface area contributed by atoms with Crippen LogP contribution in [0.2, 0.25) is 0 Å². The zero-order valence-corrected chi connectivity index (χ0v) is 12.7. The normalized spacial score (nSPS) is 18.3. The lowest BCUT2D eigenvalue weighted by Crippen LogP contribution is -2.52. The van der Waals surface area contributed by atoms with Crippen LogP contribution in [0.1, 0.15) is 19.8 Å². The van der Waals surface area contributed by atoms with Gasteiger partial charge in [0.05, 0.1) is 11.6 Å². The third kappa shape index (κ3) is 2.89. The quantitative estimate of drug-likeness (QED) is 0.913. The van der Waals surface area contributed by atoms with Crippen LogP contribution in [0.5, 0.6) is 0 Å². The van der Waals surface area contributed by atoms with E-state index in [4.69, 9.17) is 10.2 Å². The molecule has 114 valence electrons. The van der Waals surface area contributed by atoms with E-state index in [0.29, 0.717) is 6.04 Å². The van der Waals surface area contributed by atoms with Crippen LogP contribution in [0.15, 0.2) is 29.0 Å². The van der Waals surface area contributed by atoms with Crippen molar-refractivity contribution in [3.05, 3.63) is 24.6 Å². The fourth-order valence-corrected chi connectivity index (χ4v) is 3.21. The molecule has 0 bridgehead atoms. The Morgan fingerprint density at radius 2 is 2.10 bits per heavy atom. The van der Waals surface area contributed by atoms with Crippen LogP contribution < -0.4 is 10.6 Å². The average Bonchev–Trinajstić information content (AvgIpc) is 3.01. The molecule has 2 N–H and O–H groups in total. The Balaban J connectivity index is 1.69. The number of aromatic nitrogens is 1. The molecule has 0 saturated carbocycles. The molecule has 3 rings (SSSR count). The van der Waals surface area contributed by atoms with Gasteiger partial charge in [-0.05, 0) is 18.6 Å². The molecule has 5 heteroatoms. The first kappa shape index (κ1) is 14.4. The van der Waals surface area contributed by atoms with Gasteiger partial charge in [-0.15, -0.1) is 0 Å². The second kappa shape index (κ2) is 6.45. The summed E-state index contributed by atoms with van der Waals surface area (Å²) < 4.78 is 5.46. The van der Waals surface area contributed by atoms with E-state index in [1.807, 2.05) is 18.3 Å². The highest BCUT2D eigenvalue weighted by atomic mass is 16.3. The van der Waals surface area contributed by atoms with E-state index in [9.17, 15) is 0 Å². The molecule has 2 aromatic heterocycles. The van der Waals surface area contributed by atoms with Crippen molar-refractivity contribution >= 4 is 16.8 Å². The van der Waals surface area contributed by atoms with E-state index in [0.717, 1.165) is 49.5 Å². The molecule has 1 aliphatic rings. The molecule has 0 spiro atoms. The van der Waals surface area contributed by atoms with Gasteiger partial charge in [0, 0.05) is 45.0 Å². The molecule has 2 aromatic rings. The van der Waals surface area contributed by atoms with Gasteiger partial charge in [-0.2, -0.15) is 0 Å².